The van der Waals surface area contributed by atoms with Crippen molar-refractivity contribution in [2.45, 2.75) is 88.6 Å². The number of halogens is 3. The van der Waals surface area contributed by atoms with Crippen molar-refractivity contribution < 1.29 is 42.5 Å². The lowest BCUT2D eigenvalue weighted by Gasteiger charge is -2.62. The van der Waals surface area contributed by atoms with Crippen LogP contribution in [0.4, 0.5) is 13.2 Å². The van der Waals surface area contributed by atoms with E-state index in [9.17, 15) is 33.4 Å². The number of hydrogen-bond donors (Lipinski definition) is 4. The number of alkyl halides is 3. The maximum Gasteiger partial charge on any atom is 0.332 e. The number of ether oxygens (including phenoxy) is 1. The number of aliphatic hydroxyl groups excluding tert-OH is 1. The number of carbonyl (C=O) groups is 3. The van der Waals surface area contributed by atoms with Crippen LogP contribution in [0, 0.1) is 28.6 Å². The number of hydrogen-bond acceptors (Lipinski definition) is 8. The first-order valence-electron chi connectivity index (χ1n) is 13.5. The normalized spacial score (nSPS) is 42.7. The van der Waals surface area contributed by atoms with E-state index < -0.39 is 82.7 Å². The molecular formula is C28H39F3N2O6. The summed E-state index contributed by atoms with van der Waals surface area (Å²) in [5.41, 5.74) is 2.17. The summed E-state index contributed by atoms with van der Waals surface area (Å²) in [7, 11) is 0. The quantitative estimate of drug-likeness (QED) is 0.332. The Labute approximate surface area is 226 Å². The number of ketones is 2. The van der Waals surface area contributed by atoms with E-state index in [-0.39, 0.29) is 31.6 Å². The SMILES string of the molecule is CC1CC2C3CCC4=CC(=O)C=CC4(C)C3(F)C(O)CC2(C)C1(O)C(=O)COC(=O)C(N)(CCCN)C(F)F. The van der Waals surface area contributed by atoms with E-state index in [1.165, 1.54) is 18.2 Å². The maximum absolute atomic E-state index is 17.2. The van der Waals surface area contributed by atoms with Gasteiger partial charge in [-0.2, -0.15) is 0 Å². The van der Waals surface area contributed by atoms with Gasteiger partial charge in [-0.05, 0) is 76.0 Å². The zero-order valence-corrected chi connectivity index (χ0v) is 22.6. The van der Waals surface area contributed by atoms with Crippen molar-refractivity contribution in [1.29, 1.82) is 0 Å². The van der Waals surface area contributed by atoms with Crippen molar-refractivity contribution in [1.82, 2.24) is 0 Å². The molecule has 0 saturated heterocycles. The monoisotopic (exact) mass is 556 g/mol. The topological polar surface area (TPSA) is 153 Å². The zero-order chi connectivity index (χ0) is 29.2. The Balaban J connectivity index is 1.61. The summed E-state index contributed by atoms with van der Waals surface area (Å²) >= 11 is 0. The van der Waals surface area contributed by atoms with Crippen LogP contribution in [0.1, 0.15) is 59.3 Å². The lowest BCUT2D eigenvalue weighted by molar-refractivity contribution is -0.220. The number of carbonyl (C=O) groups excluding carboxylic acids is 3. The Morgan fingerprint density at radius 3 is 2.56 bits per heavy atom. The van der Waals surface area contributed by atoms with Gasteiger partial charge in [0.05, 0.1) is 6.10 Å². The lowest BCUT2D eigenvalue weighted by atomic mass is 9.44. The molecule has 3 fully saturated rings. The molecule has 4 rings (SSSR count). The van der Waals surface area contributed by atoms with Gasteiger partial charge in [0.25, 0.3) is 6.43 Å². The molecule has 4 aliphatic carbocycles. The summed E-state index contributed by atoms with van der Waals surface area (Å²) in [6.07, 6.45) is -0.250. The fraction of sp³-hybridized carbons (Fsp3) is 0.750. The van der Waals surface area contributed by atoms with Gasteiger partial charge in [0, 0.05) is 16.7 Å². The predicted octanol–water partition coefficient (Wildman–Crippen LogP) is 2.15. The predicted molar refractivity (Wildman–Crippen MR) is 135 cm³/mol. The number of rotatable bonds is 8. The zero-order valence-electron chi connectivity index (χ0n) is 22.6. The van der Waals surface area contributed by atoms with Gasteiger partial charge in [-0.15, -0.1) is 0 Å². The summed E-state index contributed by atoms with van der Waals surface area (Å²) < 4.78 is 49.4. The Morgan fingerprint density at radius 2 is 1.95 bits per heavy atom. The van der Waals surface area contributed by atoms with Gasteiger partial charge in [0.1, 0.15) is 5.60 Å². The molecule has 0 aromatic rings. The van der Waals surface area contributed by atoms with E-state index in [2.05, 4.69) is 0 Å². The van der Waals surface area contributed by atoms with Crippen LogP contribution in [-0.4, -0.2) is 70.2 Å². The van der Waals surface area contributed by atoms with Gasteiger partial charge in [-0.25, -0.2) is 18.0 Å². The van der Waals surface area contributed by atoms with Crippen molar-refractivity contribution in [2.24, 2.45) is 40.1 Å². The Bertz CT molecular complexity index is 1110. The third-order valence-electron chi connectivity index (χ3n) is 10.5. The fourth-order valence-electron chi connectivity index (χ4n) is 8.21. The second-order valence-corrected chi connectivity index (χ2v) is 12.4. The average Bonchev–Trinajstić information content (AvgIpc) is 3.08. The number of fused-ring (bicyclic) bond motifs is 5. The van der Waals surface area contributed by atoms with Crippen molar-refractivity contribution in [3.8, 4) is 0 Å². The molecule has 0 aliphatic heterocycles. The number of nitrogens with two attached hydrogens (primary N) is 2. The van der Waals surface area contributed by atoms with Crippen LogP contribution in [0.2, 0.25) is 0 Å². The van der Waals surface area contributed by atoms with Crippen LogP contribution in [0.25, 0.3) is 0 Å². The van der Waals surface area contributed by atoms with Crippen molar-refractivity contribution >= 4 is 17.5 Å². The molecule has 39 heavy (non-hydrogen) atoms. The largest absolute Gasteiger partial charge is 0.456 e. The molecule has 0 aromatic carbocycles. The van der Waals surface area contributed by atoms with Crippen LogP contribution in [-0.2, 0) is 19.1 Å². The van der Waals surface area contributed by atoms with Crippen molar-refractivity contribution in [3.63, 3.8) is 0 Å². The Morgan fingerprint density at radius 1 is 1.28 bits per heavy atom. The molecule has 0 heterocycles. The molecule has 0 aromatic heterocycles. The minimum atomic E-state index is -3.26. The van der Waals surface area contributed by atoms with Gasteiger partial charge >= 0.3 is 5.97 Å². The van der Waals surface area contributed by atoms with E-state index in [1.54, 1.807) is 20.8 Å². The summed E-state index contributed by atoms with van der Waals surface area (Å²) in [4.78, 5) is 38.0. The third kappa shape index (κ3) is 3.98. The smallest absolute Gasteiger partial charge is 0.332 e. The minimum absolute atomic E-state index is 0.0247. The highest BCUT2D eigenvalue weighted by Gasteiger charge is 2.75. The molecule has 3 saturated carbocycles. The fourth-order valence-corrected chi connectivity index (χ4v) is 8.21. The average molecular weight is 557 g/mol. The third-order valence-corrected chi connectivity index (χ3v) is 10.5. The van der Waals surface area contributed by atoms with E-state index in [1.807, 2.05) is 0 Å². The van der Waals surface area contributed by atoms with Gasteiger partial charge in [0.2, 0.25) is 5.78 Å². The Hall–Kier alpha value is -2.08. The lowest BCUT2D eigenvalue weighted by Crippen LogP contribution is -2.69. The number of aliphatic hydroxyl groups is 2. The standard InChI is InChI=1S/C28H39F3N2O6/c1-15-11-19-18-6-5-16-12-17(34)7-9-24(16,2)27(18,31)20(35)13-25(19,3)28(15,38)21(36)14-39-23(37)26(33,22(29)30)8-4-10-32/h7,9,12,15,18-20,22,35,38H,4-6,8,10-11,13-14,32-33H2,1-3H3. The molecule has 8 nitrogen and oxygen atoms in total. The first kappa shape index (κ1) is 29.9. The van der Waals surface area contributed by atoms with E-state index in [0.29, 0.717) is 18.4 Å². The molecule has 0 amide bonds. The first-order valence-corrected chi connectivity index (χ1v) is 13.5. The van der Waals surface area contributed by atoms with Gasteiger partial charge < -0.3 is 26.4 Å². The highest BCUT2D eigenvalue weighted by molar-refractivity contribution is 6.01. The highest BCUT2D eigenvalue weighted by Crippen LogP contribution is 2.70. The van der Waals surface area contributed by atoms with Crippen molar-refractivity contribution in [2.75, 3.05) is 13.2 Å². The van der Waals surface area contributed by atoms with Crippen LogP contribution in [0.3, 0.4) is 0 Å². The first-order chi connectivity index (χ1) is 18.0. The Kier molecular flexibility index (Phi) is 7.50. The van der Waals surface area contributed by atoms with Gasteiger partial charge in [-0.1, -0.05) is 25.5 Å². The second kappa shape index (κ2) is 9.78. The van der Waals surface area contributed by atoms with E-state index in [4.69, 9.17) is 16.2 Å². The van der Waals surface area contributed by atoms with E-state index >= 15 is 4.39 Å². The number of allylic oxidation sites excluding steroid dienone is 4. The van der Waals surface area contributed by atoms with Crippen LogP contribution in [0.5, 0.6) is 0 Å². The van der Waals surface area contributed by atoms with Gasteiger partial charge in [0.15, 0.2) is 23.6 Å². The maximum atomic E-state index is 17.2. The molecular weight excluding hydrogens is 517 g/mol. The molecule has 6 N–H and O–H groups in total. The molecule has 9 atom stereocenters. The molecule has 11 heteroatoms. The molecule has 218 valence electrons. The van der Waals surface area contributed by atoms with Crippen LogP contribution < -0.4 is 11.5 Å². The molecule has 0 bridgehead atoms. The van der Waals surface area contributed by atoms with Crippen LogP contribution >= 0.6 is 0 Å². The highest BCUT2D eigenvalue weighted by atomic mass is 19.3. The summed E-state index contributed by atoms with van der Waals surface area (Å²) in [5.74, 6) is -4.57. The summed E-state index contributed by atoms with van der Waals surface area (Å²) in [6.45, 7) is 3.97. The number of Topliss-reactive ketones (excluding diaryl/α,β-unsaturated/α-hetero) is 1. The second-order valence-electron chi connectivity index (χ2n) is 12.4. The van der Waals surface area contributed by atoms with E-state index in [0.717, 1.165) is 0 Å². The van der Waals surface area contributed by atoms with Crippen LogP contribution in [0.15, 0.2) is 23.8 Å². The van der Waals surface area contributed by atoms with Crippen molar-refractivity contribution in [3.05, 3.63) is 23.8 Å². The minimum Gasteiger partial charge on any atom is -0.456 e. The molecule has 4 aliphatic rings. The molecule has 9 unspecified atom stereocenters. The number of esters is 1. The summed E-state index contributed by atoms with van der Waals surface area (Å²) in [6, 6.07) is 0. The molecule has 0 radical (unpaired) electrons. The van der Waals surface area contributed by atoms with Gasteiger partial charge in [-0.3, -0.25) is 9.59 Å². The summed E-state index contributed by atoms with van der Waals surface area (Å²) in [5, 5.41) is 23.3. The molecule has 0 spiro atoms.